The number of amides is 1. The molecular weight excluding hydrogens is 304 g/mol. The van der Waals surface area contributed by atoms with Gasteiger partial charge in [0.15, 0.2) is 0 Å². The molecule has 1 N–H and O–H groups in total. The first-order valence-electron chi connectivity index (χ1n) is 8.96. The van der Waals surface area contributed by atoms with Crippen LogP contribution in [0, 0.1) is 5.92 Å². The number of methoxy groups -OCH3 is 1. The zero-order valence-corrected chi connectivity index (χ0v) is 14.5. The maximum absolute atomic E-state index is 13.0. The van der Waals surface area contributed by atoms with Crippen molar-refractivity contribution in [2.75, 3.05) is 20.8 Å². The average molecular weight is 330 g/mol. The number of piperidine rings is 1. The van der Waals surface area contributed by atoms with Crippen molar-refractivity contribution in [2.24, 2.45) is 5.92 Å². The van der Waals surface area contributed by atoms with Gasteiger partial charge in [-0.3, -0.25) is 4.79 Å². The number of nitrogens with zero attached hydrogens (tertiary/aromatic N) is 1. The molecule has 0 saturated carbocycles. The zero-order chi connectivity index (χ0) is 16.7. The summed E-state index contributed by atoms with van der Waals surface area (Å²) in [5, 5.41) is 3.64. The number of fused-ring (bicyclic) bond motifs is 3. The molecule has 3 aliphatic heterocycles. The second-order valence-electron chi connectivity index (χ2n) is 7.40. The van der Waals surface area contributed by atoms with Crippen LogP contribution in [0.2, 0.25) is 0 Å². The maximum Gasteiger partial charge on any atom is 0.229 e. The van der Waals surface area contributed by atoms with Crippen LogP contribution in [0.15, 0.2) is 18.2 Å². The van der Waals surface area contributed by atoms with E-state index in [4.69, 9.17) is 9.47 Å². The van der Waals surface area contributed by atoms with Crippen molar-refractivity contribution in [3.8, 4) is 11.5 Å². The summed E-state index contributed by atoms with van der Waals surface area (Å²) >= 11 is 0. The number of carbonyl (C=O) groups is 1. The minimum Gasteiger partial charge on any atom is -0.497 e. The van der Waals surface area contributed by atoms with E-state index >= 15 is 0 Å². The van der Waals surface area contributed by atoms with Gasteiger partial charge in [0.2, 0.25) is 5.91 Å². The highest BCUT2D eigenvalue weighted by Gasteiger charge is 2.38. The van der Waals surface area contributed by atoms with Crippen molar-refractivity contribution in [3.05, 3.63) is 23.8 Å². The van der Waals surface area contributed by atoms with Gasteiger partial charge in [0.1, 0.15) is 18.1 Å². The lowest BCUT2D eigenvalue weighted by Crippen LogP contribution is -2.51. The van der Waals surface area contributed by atoms with Crippen molar-refractivity contribution in [1.82, 2.24) is 10.2 Å². The van der Waals surface area contributed by atoms with Crippen LogP contribution in [0.25, 0.3) is 0 Å². The summed E-state index contributed by atoms with van der Waals surface area (Å²) in [6, 6.07) is 7.37. The number of nitrogens with one attached hydrogen (secondary N) is 1. The number of carbonyl (C=O) groups excluding carboxylic acids is 1. The Labute approximate surface area is 143 Å². The molecule has 3 unspecified atom stereocenters. The third kappa shape index (κ3) is 2.86. The summed E-state index contributed by atoms with van der Waals surface area (Å²) in [4.78, 5) is 15.0. The lowest BCUT2D eigenvalue weighted by molar-refractivity contribution is -0.138. The Bertz CT molecular complexity index is 621. The monoisotopic (exact) mass is 330 g/mol. The Morgan fingerprint density at radius 2 is 2.04 bits per heavy atom. The molecule has 3 aliphatic rings. The van der Waals surface area contributed by atoms with Crippen LogP contribution in [-0.4, -0.2) is 49.7 Å². The van der Waals surface area contributed by atoms with Crippen LogP contribution in [0.5, 0.6) is 11.5 Å². The van der Waals surface area contributed by atoms with Gasteiger partial charge in [-0.25, -0.2) is 0 Å². The van der Waals surface area contributed by atoms with E-state index in [2.05, 4.69) is 5.32 Å². The summed E-state index contributed by atoms with van der Waals surface area (Å²) in [6.45, 7) is 0.473. The fraction of sp³-hybridized carbons (Fsp3) is 0.632. The third-order valence-electron chi connectivity index (χ3n) is 5.87. The molecule has 0 aromatic heterocycles. The number of hydrogen-bond donors (Lipinski definition) is 1. The van der Waals surface area contributed by atoms with Crippen molar-refractivity contribution in [1.29, 1.82) is 0 Å². The van der Waals surface area contributed by atoms with Gasteiger partial charge in [-0.1, -0.05) is 0 Å². The van der Waals surface area contributed by atoms with Crippen LogP contribution in [0.4, 0.5) is 0 Å². The highest BCUT2D eigenvalue weighted by Crippen LogP contribution is 2.33. The molecule has 1 amide bonds. The average Bonchev–Trinajstić information content (AvgIpc) is 2.97. The number of benzene rings is 1. The van der Waals surface area contributed by atoms with Gasteiger partial charge >= 0.3 is 0 Å². The van der Waals surface area contributed by atoms with Gasteiger partial charge in [-0.2, -0.15) is 0 Å². The van der Waals surface area contributed by atoms with Crippen molar-refractivity contribution in [3.63, 3.8) is 0 Å². The predicted molar refractivity (Wildman–Crippen MR) is 91.4 cm³/mol. The largest absolute Gasteiger partial charge is 0.497 e. The predicted octanol–water partition coefficient (Wildman–Crippen LogP) is 1.99. The molecule has 0 spiro atoms. The molecular formula is C19H26N2O3. The molecule has 1 aromatic rings. The normalized spacial score (nSPS) is 31.1. The fourth-order valence-electron chi connectivity index (χ4n) is 4.47. The molecule has 0 radical (unpaired) electrons. The number of ether oxygens (including phenoxy) is 2. The summed E-state index contributed by atoms with van der Waals surface area (Å²) < 4.78 is 11.1. The minimum atomic E-state index is -0.0952. The van der Waals surface area contributed by atoms with Gasteiger partial charge in [0.25, 0.3) is 0 Å². The Balaban J connectivity index is 1.44. The summed E-state index contributed by atoms with van der Waals surface area (Å²) in [6.07, 6.45) is 5.40. The SMILES string of the molecule is COc1ccc2c(c1)CC(C(=O)N(C)C1CC3CCC(C1)N3)CO2. The lowest BCUT2D eigenvalue weighted by atomic mass is 9.93. The summed E-state index contributed by atoms with van der Waals surface area (Å²) in [5.41, 5.74) is 1.07. The van der Waals surface area contributed by atoms with Crippen molar-refractivity contribution < 1.29 is 14.3 Å². The Morgan fingerprint density at radius 3 is 2.75 bits per heavy atom. The third-order valence-corrected chi connectivity index (χ3v) is 5.87. The van der Waals surface area contributed by atoms with Gasteiger partial charge in [0, 0.05) is 25.2 Å². The maximum atomic E-state index is 13.0. The molecule has 1 aromatic carbocycles. The Kier molecular flexibility index (Phi) is 4.12. The molecule has 130 valence electrons. The Morgan fingerprint density at radius 1 is 1.29 bits per heavy atom. The topological polar surface area (TPSA) is 50.8 Å². The van der Waals surface area contributed by atoms with Crippen LogP contribution < -0.4 is 14.8 Å². The zero-order valence-electron chi connectivity index (χ0n) is 14.5. The summed E-state index contributed by atoms with van der Waals surface area (Å²) in [5.74, 6) is 1.81. The molecule has 24 heavy (non-hydrogen) atoms. The number of rotatable bonds is 3. The second-order valence-corrected chi connectivity index (χ2v) is 7.40. The molecule has 3 heterocycles. The minimum absolute atomic E-state index is 0.0952. The van der Waals surface area contributed by atoms with E-state index in [1.54, 1.807) is 7.11 Å². The van der Waals surface area contributed by atoms with E-state index in [0.717, 1.165) is 36.3 Å². The Hall–Kier alpha value is -1.75. The highest BCUT2D eigenvalue weighted by atomic mass is 16.5. The van der Waals surface area contributed by atoms with Crippen LogP contribution >= 0.6 is 0 Å². The van der Waals surface area contributed by atoms with Gasteiger partial charge < -0.3 is 19.7 Å². The molecule has 5 nitrogen and oxygen atoms in total. The quantitative estimate of drug-likeness (QED) is 0.921. The van der Waals surface area contributed by atoms with Crippen LogP contribution in [0.1, 0.15) is 31.2 Å². The van der Waals surface area contributed by atoms with Gasteiger partial charge in [-0.15, -0.1) is 0 Å². The van der Waals surface area contributed by atoms with Crippen molar-refractivity contribution in [2.45, 2.75) is 50.2 Å². The van der Waals surface area contributed by atoms with E-state index in [1.165, 1.54) is 12.8 Å². The first kappa shape index (κ1) is 15.8. The molecule has 2 fully saturated rings. The van der Waals surface area contributed by atoms with Gasteiger partial charge in [0.05, 0.1) is 13.0 Å². The van der Waals surface area contributed by atoms with Crippen LogP contribution in [0.3, 0.4) is 0 Å². The lowest BCUT2D eigenvalue weighted by Gasteiger charge is -2.38. The smallest absolute Gasteiger partial charge is 0.229 e. The van der Waals surface area contributed by atoms with E-state index in [1.807, 2.05) is 30.1 Å². The van der Waals surface area contributed by atoms with E-state index in [9.17, 15) is 4.79 Å². The molecule has 4 rings (SSSR count). The van der Waals surface area contributed by atoms with Gasteiger partial charge in [-0.05, 0) is 55.9 Å². The van der Waals surface area contributed by atoms with E-state index in [-0.39, 0.29) is 11.8 Å². The van der Waals surface area contributed by atoms with Crippen LogP contribution in [-0.2, 0) is 11.2 Å². The molecule has 2 bridgehead atoms. The van der Waals surface area contributed by atoms with E-state index < -0.39 is 0 Å². The fourth-order valence-corrected chi connectivity index (χ4v) is 4.47. The molecule has 0 aliphatic carbocycles. The standard InChI is InChI=1S/C19H26N2O3/c1-21(16-9-14-3-4-15(10-16)20-14)19(22)13-7-12-8-17(23-2)5-6-18(12)24-11-13/h5-6,8,13-16,20H,3-4,7,9-11H2,1-2H3. The second kappa shape index (κ2) is 6.28. The van der Waals surface area contributed by atoms with Crippen molar-refractivity contribution >= 4 is 5.91 Å². The highest BCUT2D eigenvalue weighted by molar-refractivity contribution is 5.80. The first-order chi connectivity index (χ1) is 11.6. The molecule has 3 atom stereocenters. The molecule has 5 heteroatoms. The van der Waals surface area contributed by atoms with E-state index in [0.29, 0.717) is 24.7 Å². The number of hydrogen-bond acceptors (Lipinski definition) is 4. The molecule has 2 saturated heterocycles. The summed E-state index contributed by atoms with van der Waals surface area (Å²) in [7, 11) is 3.63. The first-order valence-corrected chi connectivity index (χ1v) is 8.96.